The van der Waals surface area contributed by atoms with Gasteiger partial charge in [0.25, 0.3) is 0 Å². The zero-order chi connectivity index (χ0) is 18.2. The first kappa shape index (κ1) is 21.7. The Morgan fingerprint density at radius 2 is 2.15 bits per heavy atom. The fourth-order valence-corrected chi connectivity index (χ4v) is 5.51. The number of benzene rings is 1. The van der Waals surface area contributed by atoms with Crippen LogP contribution < -0.4 is 10.1 Å². The Morgan fingerprint density at radius 3 is 2.85 bits per heavy atom. The van der Waals surface area contributed by atoms with Gasteiger partial charge in [-0.25, -0.2) is 8.42 Å². The van der Waals surface area contributed by atoms with Crippen molar-refractivity contribution in [3.63, 3.8) is 0 Å². The summed E-state index contributed by atoms with van der Waals surface area (Å²) in [6.07, 6.45) is 1.11. The maximum absolute atomic E-state index is 13.2. The molecule has 0 saturated carbocycles. The summed E-state index contributed by atoms with van der Waals surface area (Å²) in [6.45, 7) is 5.98. The Balaban J connectivity index is 0.00000243. The van der Waals surface area contributed by atoms with Gasteiger partial charge in [0.15, 0.2) is 0 Å². The summed E-state index contributed by atoms with van der Waals surface area (Å²) in [6, 6.07) is 3.14. The number of sulfonamides is 1. The Labute approximate surface area is 166 Å². The minimum Gasteiger partial charge on any atom is -0.492 e. The molecule has 2 N–H and O–H groups in total. The molecule has 2 atom stereocenters. The molecule has 26 heavy (non-hydrogen) atoms. The molecule has 2 aliphatic rings. The Bertz CT molecular complexity index is 759. The number of rotatable bonds is 4. The number of hydrogen-bond donors (Lipinski definition) is 2. The van der Waals surface area contributed by atoms with Crippen LogP contribution in [-0.4, -0.2) is 56.2 Å². The second kappa shape index (κ2) is 8.20. The van der Waals surface area contributed by atoms with Crippen LogP contribution in [0, 0.1) is 12.8 Å². The quantitative estimate of drug-likeness (QED) is 0.774. The molecule has 0 spiro atoms. The molecule has 0 aromatic heterocycles. The van der Waals surface area contributed by atoms with Crippen molar-refractivity contribution in [2.24, 2.45) is 5.92 Å². The maximum Gasteiger partial charge on any atom is 0.246 e. The number of nitrogens with zero attached hydrogens (tertiary/aromatic N) is 1. The fraction of sp³-hybridized carbons (Fsp3) is 0.647. The third-order valence-electron chi connectivity index (χ3n) is 5.25. The molecule has 1 aromatic rings. The van der Waals surface area contributed by atoms with Crippen LogP contribution in [0.15, 0.2) is 17.0 Å². The molecule has 0 radical (unpaired) electrons. The van der Waals surface area contributed by atoms with Crippen molar-refractivity contribution in [3.05, 3.63) is 22.7 Å². The lowest BCUT2D eigenvalue weighted by atomic mass is 9.77. The van der Waals surface area contributed by atoms with Crippen LogP contribution in [0.3, 0.4) is 0 Å². The highest BCUT2D eigenvalue weighted by molar-refractivity contribution is 7.89. The summed E-state index contributed by atoms with van der Waals surface area (Å²) in [5.41, 5.74) is -0.00106. The Hall–Kier alpha value is -0.570. The standard InChI is InChI=1S/C17H25ClN2O4S.ClH/c1-3-24-15-8-12(2)14(18)9-16(15)25(22,23)20-7-5-17(21)4-6-19-10-13(17)11-20;/h8-9,13,19,21H,3-7,10-11H2,1-2H3;1H/t13-,17-;/m0./s1. The van der Waals surface area contributed by atoms with E-state index in [0.29, 0.717) is 49.9 Å². The predicted molar refractivity (Wildman–Crippen MR) is 104 cm³/mol. The van der Waals surface area contributed by atoms with Gasteiger partial charge in [0.05, 0.1) is 12.2 Å². The van der Waals surface area contributed by atoms with E-state index in [0.717, 1.165) is 12.1 Å². The van der Waals surface area contributed by atoms with Crippen molar-refractivity contribution in [2.75, 3.05) is 32.8 Å². The van der Waals surface area contributed by atoms with E-state index in [1.807, 2.05) is 13.8 Å². The summed E-state index contributed by atoms with van der Waals surface area (Å²) >= 11 is 6.18. The van der Waals surface area contributed by atoms with Crippen molar-refractivity contribution in [1.82, 2.24) is 9.62 Å². The first-order valence-corrected chi connectivity index (χ1v) is 10.5. The largest absolute Gasteiger partial charge is 0.492 e. The van der Waals surface area contributed by atoms with Crippen molar-refractivity contribution < 1.29 is 18.3 Å². The highest BCUT2D eigenvalue weighted by Crippen LogP contribution is 2.38. The van der Waals surface area contributed by atoms with Gasteiger partial charge < -0.3 is 15.2 Å². The van der Waals surface area contributed by atoms with Gasteiger partial charge in [-0.05, 0) is 50.9 Å². The molecule has 0 amide bonds. The minimum atomic E-state index is -3.75. The molecule has 0 unspecified atom stereocenters. The first-order valence-electron chi connectivity index (χ1n) is 8.64. The average Bonchev–Trinajstić information content (AvgIpc) is 2.57. The van der Waals surface area contributed by atoms with E-state index in [1.54, 1.807) is 6.07 Å². The predicted octanol–water partition coefficient (Wildman–Crippen LogP) is 2.20. The van der Waals surface area contributed by atoms with E-state index < -0.39 is 15.6 Å². The van der Waals surface area contributed by atoms with Gasteiger partial charge in [0, 0.05) is 30.6 Å². The van der Waals surface area contributed by atoms with Crippen LogP contribution in [-0.2, 0) is 10.0 Å². The number of piperidine rings is 2. The molecule has 148 valence electrons. The topological polar surface area (TPSA) is 78.9 Å². The van der Waals surface area contributed by atoms with Gasteiger partial charge in [0.2, 0.25) is 10.0 Å². The molecular weight excluding hydrogens is 399 g/mol. The van der Waals surface area contributed by atoms with Gasteiger partial charge in [0.1, 0.15) is 10.6 Å². The molecule has 0 bridgehead atoms. The molecule has 0 aliphatic carbocycles. The van der Waals surface area contributed by atoms with E-state index >= 15 is 0 Å². The van der Waals surface area contributed by atoms with E-state index in [4.69, 9.17) is 16.3 Å². The van der Waals surface area contributed by atoms with Crippen LogP contribution in [0.1, 0.15) is 25.3 Å². The lowest BCUT2D eigenvalue weighted by Crippen LogP contribution is -2.59. The summed E-state index contributed by atoms with van der Waals surface area (Å²) in [4.78, 5) is 0.0964. The summed E-state index contributed by atoms with van der Waals surface area (Å²) in [7, 11) is -3.75. The van der Waals surface area contributed by atoms with Crippen LogP contribution >= 0.6 is 24.0 Å². The van der Waals surface area contributed by atoms with Gasteiger partial charge >= 0.3 is 0 Å². The Kier molecular flexibility index (Phi) is 6.86. The smallest absolute Gasteiger partial charge is 0.246 e. The SMILES string of the molecule is CCOc1cc(C)c(Cl)cc1S(=O)(=O)N1CC[C@@]2(O)CCNC[C@H]2C1.Cl. The number of nitrogens with one attached hydrogen (secondary N) is 1. The molecule has 1 aromatic carbocycles. The number of fused-ring (bicyclic) bond motifs is 1. The lowest BCUT2D eigenvalue weighted by Gasteiger charge is -2.47. The lowest BCUT2D eigenvalue weighted by molar-refractivity contribution is -0.0744. The summed E-state index contributed by atoms with van der Waals surface area (Å²) in [5, 5.41) is 14.4. The van der Waals surface area contributed by atoms with Crippen molar-refractivity contribution in [1.29, 1.82) is 0 Å². The van der Waals surface area contributed by atoms with Crippen LogP contribution in [0.2, 0.25) is 5.02 Å². The van der Waals surface area contributed by atoms with E-state index in [1.165, 1.54) is 10.4 Å². The van der Waals surface area contributed by atoms with Gasteiger partial charge in [-0.1, -0.05) is 11.6 Å². The third-order valence-corrected chi connectivity index (χ3v) is 7.54. The number of hydrogen-bond acceptors (Lipinski definition) is 5. The second-order valence-electron chi connectivity index (χ2n) is 6.85. The highest BCUT2D eigenvalue weighted by atomic mass is 35.5. The molecule has 2 heterocycles. The molecule has 2 fully saturated rings. The van der Waals surface area contributed by atoms with Crippen LogP contribution in [0.4, 0.5) is 0 Å². The molecule has 2 saturated heterocycles. The number of aryl methyl sites for hydroxylation is 1. The maximum atomic E-state index is 13.2. The molecule has 2 aliphatic heterocycles. The van der Waals surface area contributed by atoms with Gasteiger partial charge in [-0.2, -0.15) is 4.31 Å². The van der Waals surface area contributed by atoms with Crippen molar-refractivity contribution >= 4 is 34.0 Å². The van der Waals surface area contributed by atoms with E-state index in [2.05, 4.69) is 5.32 Å². The molecule has 6 nitrogen and oxygen atoms in total. The highest BCUT2D eigenvalue weighted by Gasteiger charge is 2.46. The Morgan fingerprint density at radius 1 is 1.42 bits per heavy atom. The normalized spacial score (nSPS) is 26.7. The number of ether oxygens (including phenoxy) is 1. The van der Waals surface area contributed by atoms with Crippen LogP contribution in [0.5, 0.6) is 5.75 Å². The number of halogens is 2. The van der Waals surface area contributed by atoms with E-state index in [-0.39, 0.29) is 23.2 Å². The van der Waals surface area contributed by atoms with Gasteiger partial charge in [-0.15, -0.1) is 12.4 Å². The first-order chi connectivity index (χ1) is 11.8. The third kappa shape index (κ3) is 3.98. The summed E-state index contributed by atoms with van der Waals surface area (Å²) in [5.74, 6) is 0.216. The van der Waals surface area contributed by atoms with E-state index in [9.17, 15) is 13.5 Å². The molecular formula is C17H26Cl2N2O4S. The average molecular weight is 425 g/mol. The zero-order valence-corrected chi connectivity index (χ0v) is 17.4. The minimum absolute atomic E-state index is 0. The second-order valence-corrected chi connectivity index (χ2v) is 9.16. The number of aliphatic hydroxyl groups is 1. The van der Waals surface area contributed by atoms with Crippen LogP contribution in [0.25, 0.3) is 0 Å². The zero-order valence-electron chi connectivity index (χ0n) is 15.0. The van der Waals surface area contributed by atoms with Crippen molar-refractivity contribution in [2.45, 2.75) is 37.2 Å². The van der Waals surface area contributed by atoms with Crippen molar-refractivity contribution in [3.8, 4) is 5.75 Å². The molecule has 3 rings (SSSR count). The van der Waals surface area contributed by atoms with Gasteiger partial charge in [-0.3, -0.25) is 0 Å². The monoisotopic (exact) mass is 424 g/mol. The summed E-state index contributed by atoms with van der Waals surface area (Å²) < 4.78 is 33.4. The molecule has 9 heteroatoms. The fourth-order valence-electron chi connectivity index (χ4n) is 3.66.